The summed E-state index contributed by atoms with van der Waals surface area (Å²) in [5, 5.41) is 0. The Bertz CT molecular complexity index is 148. The van der Waals surface area contributed by atoms with Gasteiger partial charge in [0.2, 0.25) is 0 Å². The molecule has 2 N–H and O–H groups in total. The van der Waals surface area contributed by atoms with Gasteiger partial charge in [0, 0.05) is 12.1 Å². The predicted molar refractivity (Wildman–Crippen MR) is 44.3 cm³/mol. The Hall–Kier alpha value is -0.0800. The molecule has 2 fully saturated rings. The second-order valence-electron chi connectivity index (χ2n) is 3.98. The Kier molecular flexibility index (Phi) is 1.69. The van der Waals surface area contributed by atoms with Crippen LogP contribution in [0.1, 0.15) is 32.6 Å². The second-order valence-corrected chi connectivity index (χ2v) is 3.98. The normalized spacial score (nSPS) is 39.8. The van der Waals surface area contributed by atoms with E-state index in [-0.39, 0.29) is 5.54 Å². The van der Waals surface area contributed by atoms with Crippen molar-refractivity contribution in [3.63, 3.8) is 0 Å². The second kappa shape index (κ2) is 2.46. The molecule has 0 atom stereocenters. The summed E-state index contributed by atoms with van der Waals surface area (Å²) >= 11 is 0. The Morgan fingerprint density at radius 2 is 2.09 bits per heavy atom. The first-order valence-electron chi connectivity index (χ1n) is 4.65. The zero-order valence-electron chi connectivity index (χ0n) is 7.18. The van der Waals surface area contributed by atoms with E-state index in [0.29, 0.717) is 6.10 Å². The summed E-state index contributed by atoms with van der Waals surface area (Å²) in [6, 6.07) is 0. The van der Waals surface area contributed by atoms with Crippen LogP contribution >= 0.6 is 0 Å². The summed E-state index contributed by atoms with van der Waals surface area (Å²) in [7, 11) is 0. The first-order valence-corrected chi connectivity index (χ1v) is 4.65. The molecular formula is C9H17NO. The third kappa shape index (κ3) is 1.30. The van der Waals surface area contributed by atoms with Crippen molar-refractivity contribution in [2.24, 2.45) is 11.7 Å². The van der Waals surface area contributed by atoms with Crippen LogP contribution in [0.2, 0.25) is 0 Å². The first kappa shape index (κ1) is 7.56. The van der Waals surface area contributed by atoms with Gasteiger partial charge in [-0.2, -0.15) is 0 Å². The molecule has 2 rings (SSSR count). The zero-order valence-corrected chi connectivity index (χ0v) is 7.18. The van der Waals surface area contributed by atoms with Crippen LogP contribution in [0.25, 0.3) is 0 Å². The standard InChI is InChI=1S/C9H17NO/c1-2-11-8-5-7(6-8)9(10)3-4-9/h7-8H,2-6,10H2,1H3. The molecule has 2 heteroatoms. The van der Waals surface area contributed by atoms with E-state index >= 15 is 0 Å². The Labute approximate surface area is 68.1 Å². The van der Waals surface area contributed by atoms with Crippen molar-refractivity contribution in [1.29, 1.82) is 0 Å². The lowest BCUT2D eigenvalue weighted by Crippen LogP contribution is -2.44. The molecule has 0 radical (unpaired) electrons. The molecular weight excluding hydrogens is 138 g/mol. The van der Waals surface area contributed by atoms with Crippen LogP contribution in [-0.2, 0) is 4.74 Å². The van der Waals surface area contributed by atoms with Crippen LogP contribution in [0.5, 0.6) is 0 Å². The lowest BCUT2D eigenvalue weighted by Gasteiger charge is -2.38. The minimum atomic E-state index is 0.244. The lowest BCUT2D eigenvalue weighted by atomic mass is 9.76. The maximum Gasteiger partial charge on any atom is 0.0581 e. The molecule has 0 aliphatic heterocycles. The van der Waals surface area contributed by atoms with Crippen molar-refractivity contribution >= 4 is 0 Å². The molecule has 0 bridgehead atoms. The maximum atomic E-state index is 6.05. The highest BCUT2D eigenvalue weighted by atomic mass is 16.5. The van der Waals surface area contributed by atoms with Crippen LogP contribution in [0.3, 0.4) is 0 Å². The Morgan fingerprint density at radius 1 is 1.45 bits per heavy atom. The van der Waals surface area contributed by atoms with Gasteiger partial charge in [-0.05, 0) is 38.5 Å². The topological polar surface area (TPSA) is 35.2 Å². The number of nitrogens with two attached hydrogens (primary N) is 1. The molecule has 2 aliphatic rings. The van der Waals surface area contributed by atoms with E-state index in [2.05, 4.69) is 6.92 Å². The number of hydrogen-bond donors (Lipinski definition) is 1. The van der Waals surface area contributed by atoms with Crippen LogP contribution in [0.15, 0.2) is 0 Å². The smallest absolute Gasteiger partial charge is 0.0581 e. The van der Waals surface area contributed by atoms with Crippen molar-refractivity contribution < 1.29 is 4.74 Å². The van der Waals surface area contributed by atoms with E-state index in [1.807, 2.05) is 0 Å². The molecule has 2 saturated carbocycles. The molecule has 64 valence electrons. The highest BCUT2D eigenvalue weighted by molar-refractivity contribution is 5.08. The SMILES string of the molecule is CCOC1CC(C2(N)CC2)C1. The third-order valence-electron chi connectivity index (χ3n) is 3.14. The fraction of sp³-hybridized carbons (Fsp3) is 1.00. The van der Waals surface area contributed by atoms with E-state index in [1.165, 1.54) is 25.7 Å². The average molecular weight is 155 g/mol. The van der Waals surface area contributed by atoms with Crippen LogP contribution in [-0.4, -0.2) is 18.2 Å². The molecule has 0 aromatic rings. The van der Waals surface area contributed by atoms with Gasteiger partial charge in [0.15, 0.2) is 0 Å². The van der Waals surface area contributed by atoms with Gasteiger partial charge < -0.3 is 10.5 Å². The quantitative estimate of drug-likeness (QED) is 0.666. The largest absolute Gasteiger partial charge is 0.378 e. The molecule has 0 aromatic heterocycles. The summed E-state index contributed by atoms with van der Waals surface area (Å²) in [6.07, 6.45) is 5.45. The lowest BCUT2D eigenvalue weighted by molar-refractivity contribution is -0.0346. The molecule has 0 aromatic carbocycles. The molecule has 0 spiro atoms. The third-order valence-corrected chi connectivity index (χ3v) is 3.14. The van der Waals surface area contributed by atoms with E-state index in [0.717, 1.165) is 12.5 Å². The summed E-state index contributed by atoms with van der Waals surface area (Å²) in [6.45, 7) is 2.91. The molecule has 0 heterocycles. The van der Waals surface area contributed by atoms with Gasteiger partial charge in [0.1, 0.15) is 0 Å². The Morgan fingerprint density at radius 3 is 2.55 bits per heavy atom. The van der Waals surface area contributed by atoms with Gasteiger partial charge in [-0.15, -0.1) is 0 Å². The summed E-state index contributed by atoms with van der Waals surface area (Å²) in [5.74, 6) is 0.777. The predicted octanol–water partition coefficient (Wildman–Crippen LogP) is 1.29. The molecule has 2 nitrogen and oxygen atoms in total. The van der Waals surface area contributed by atoms with Gasteiger partial charge in [0.25, 0.3) is 0 Å². The van der Waals surface area contributed by atoms with Crippen LogP contribution < -0.4 is 5.73 Å². The van der Waals surface area contributed by atoms with Gasteiger partial charge in [-0.3, -0.25) is 0 Å². The minimum absolute atomic E-state index is 0.244. The fourth-order valence-corrected chi connectivity index (χ4v) is 1.96. The van der Waals surface area contributed by atoms with Crippen molar-refractivity contribution in [2.75, 3.05) is 6.61 Å². The summed E-state index contributed by atoms with van der Waals surface area (Å²) in [4.78, 5) is 0. The zero-order chi connectivity index (χ0) is 7.90. The molecule has 0 amide bonds. The molecule has 0 unspecified atom stereocenters. The molecule has 0 saturated heterocycles. The Balaban J connectivity index is 1.71. The number of hydrogen-bond acceptors (Lipinski definition) is 2. The van der Waals surface area contributed by atoms with Gasteiger partial charge >= 0.3 is 0 Å². The monoisotopic (exact) mass is 155 g/mol. The van der Waals surface area contributed by atoms with E-state index in [4.69, 9.17) is 10.5 Å². The number of rotatable bonds is 3. The van der Waals surface area contributed by atoms with Crippen molar-refractivity contribution in [1.82, 2.24) is 0 Å². The minimum Gasteiger partial charge on any atom is -0.378 e. The van der Waals surface area contributed by atoms with E-state index in [9.17, 15) is 0 Å². The number of ether oxygens (including phenoxy) is 1. The van der Waals surface area contributed by atoms with Gasteiger partial charge in [0.05, 0.1) is 6.10 Å². The highest BCUT2D eigenvalue weighted by Crippen LogP contribution is 2.49. The molecule has 2 aliphatic carbocycles. The van der Waals surface area contributed by atoms with Crippen molar-refractivity contribution in [3.05, 3.63) is 0 Å². The van der Waals surface area contributed by atoms with Gasteiger partial charge in [-0.1, -0.05) is 0 Å². The average Bonchev–Trinajstić information content (AvgIpc) is 2.59. The first-order chi connectivity index (χ1) is 5.24. The maximum absolute atomic E-state index is 6.05. The van der Waals surface area contributed by atoms with E-state index < -0.39 is 0 Å². The van der Waals surface area contributed by atoms with Crippen LogP contribution in [0, 0.1) is 5.92 Å². The van der Waals surface area contributed by atoms with Gasteiger partial charge in [-0.25, -0.2) is 0 Å². The van der Waals surface area contributed by atoms with Crippen molar-refractivity contribution in [2.45, 2.75) is 44.2 Å². The van der Waals surface area contributed by atoms with E-state index in [1.54, 1.807) is 0 Å². The molecule has 11 heavy (non-hydrogen) atoms. The fourth-order valence-electron chi connectivity index (χ4n) is 1.96. The summed E-state index contributed by atoms with van der Waals surface area (Å²) in [5.41, 5.74) is 6.30. The highest BCUT2D eigenvalue weighted by Gasteiger charge is 2.50. The summed E-state index contributed by atoms with van der Waals surface area (Å²) < 4.78 is 5.48. The van der Waals surface area contributed by atoms with Crippen molar-refractivity contribution in [3.8, 4) is 0 Å². The van der Waals surface area contributed by atoms with Crippen LogP contribution in [0.4, 0.5) is 0 Å².